The summed E-state index contributed by atoms with van der Waals surface area (Å²) in [5.41, 5.74) is 1.22. The predicted molar refractivity (Wildman–Crippen MR) is 96.7 cm³/mol. The fourth-order valence-electron chi connectivity index (χ4n) is 2.12. The molecule has 0 aliphatic rings. The molecule has 7 nitrogen and oxygen atoms in total. The van der Waals surface area contributed by atoms with E-state index in [1.54, 1.807) is 18.3 Å². The number of amides is 1. The second-order valence-corrected chi connectivity index (χ2v) is 6.63. The molecule has 0 unspecified atom stereocenters. The zero-order valence-corrected chi connectivity index (χ0v) is 15.2. The number of nitrogens with one attached hydrogen (secondary N) is 2. The van der Waals surface area contributed by atoms with Gasteiger partial charge in [-0.2, -0.15) is 5.10 Å². The maximum atomic E-state index is 11.8. The number of ether oxygens (including phenoxy) is 2. The Kier molecular flexibility index (Phi) is 6.41. The topological polar surface area (TPSA) is 77.4 Å². The van der Waals surface area contributed by atoms with Gasteiger partial charge in [-0.25, -0.2) is 4.79 Å². The summed E-state index contributed by atoms with van der Waals surface area (Å²) < 4.78 is 12.8. The Morgan fingerprint density at radius 2 is 2.08 bits per heavy atom. The van der Waals surface area contributed by atoms with E-state index in [0.717, 1.165) is 12.2 Å². The van der Waals surface area contributed by atoms with E-state index in [1.807, 2.05) is 50.7 Å². The van der Waals surface area contributed by atoms with Crippen molar-refractivity contribution < 1.29 is 14.3 Å². The van der Waals surface area contributed by atoms with E-state index in [4.69, 9.17) is 9.47 Å². The molecule has 0 saturated heterocycles. The fraction of sp³-hybridized carbons (Fsp3) is 0.444. The number of carbonyl (C=O) groups excluding carboxylic acids is 1. The molecule has 0 atom stereocenters. The van der Waals surface area contributed by atoms with Crippen molar-refractivity contribution in [2.75, 3.05) is 18.5 Å². The van der Waals surface area contributed by atoms with E-state index >= 15 is 0 Å². The van der Waals surface area contributed by atoms with Crippen molar-refractivity contribution in [1.29, 1.82) is 0 Å². The Morgan fingerprint density at radius 3 is 2.76 bits per heavy atom. The van der Waals surface area contributed by atoms with Crippen LogP contribution in [0.3, 0.4) is 0 Å². The van der Waals surface area contributed by atoms with Gasteiger partial charge in [-0.3, -0.25) is 10.00 Å². The highest BCUT2D eigenvalue weighted by molar-refractivity contribution is 5.85. The van der Waals surface area contributed by atoms with Crippen molar-refractivity contribution in [3.63, 3.8) is 0 Å². The number of aromatic nitrogens is 2. The number of benzene rings is 1. The summed E-state index contributed by atoms with van der Waals surface area (Å²) in [5, 5.41) is 10.1. The van der Waals surface area contributed by atoms with Crippen molar-refractivity contribution in [1.82, 2.24) is 15.1 Å². The maximum absolute atomic E-state index is 11.8. The van der Waals surface area contributed by atoms with E-state index in [2.05, 4.69) is 15.7 Å². The lowest BCUT2D eigenvalue weighted by atomic mass is 10.2. The van der Waals surface area contributed by atoms with Crippen LogP contribution in [0.4, 0.5) is 10.5 Å². The highest BCUT2D eigenvalue weighted by atomic mass is 16.6. The predicted octanol–water partition coefficient (Wildman–Crippen LogP) is 2.94. The van der Waals surface area contributed by atoms with E-state index in [-0.39, 0.29) is 0 Å². The third-order valence-corrected chi connectivity index (χ3v) is 3.26. The zero-order chi connectivity index (χ0) is 18.3. The Morgan fingerprint density at radius 1 is 1.28 bits per heavy atom. The number of hydrogen-bond donors (Lipinski definition) is 2. The van der Waals surface area contributed by atoms with Crippen LogP contribution in [-0.4, -0.2) is 34.6 Å². The van der Waals surface area contributed by atoms with Gasteiger partial charge < -0.3 is 14.8 Å². The Hall–Kier alpha value is -2.54. The Bertz CT molecular complexity index is 692. The average Bonchev–Trinajstić information content (AvgIpc) is 2.90. The van der Waals surface area contributed by atoms with Crippen LogP contribution in [-0.2, 0) is 18.3 Å². The second-order valence-electron chi connectivity index (χ2n) is 6.63. The molecule has 136 valence electrons. The molecular weight excluding hydrogens is 320 g/mol. The second kappa shape index (κ2) is 8.53. The molecule has 0 radical (unpaired) electrons. The standard InChI is InChI=1S/C18H26N4O3/c1-18(2,3)25-17(23)21-14-6-5-7-16(12-14)24-11-10-19-13-15-8-9-20-22(15)4/h5-9,12,19H,10-11,13H2,1-4H3,(H,21,23). The fourth-order valence-corrected chi connectivity index (χ4v) is 2.12. The molecule has 0 bridgehead atoms. The van der Waals surface area contributed by atoms with Crippen LogP contribution in [0.25, 0.3) is 0 Å². The van der Waals surface area contributed by atoms with Crippen LogP contribution >= 0.6 is 0 Å². The van der Waals surface area contributed by atoms with Crippen LogP contribution < -0.4 is 15.4 Å². The number of nitrogens with zero attached hydrogens (tertiary/aromatic N) is 2. The number of anilines is 1. The molecule has 1 amide bonds. The molecular formula is C18H26N4O3. The van der Waals surface area contributed by atoms with Crippen LogP contribution in [0.15, 0.2) is 36.5 Å². The molecule has 25 heavy (non-hydrogen) atoms. The highest BCUT2D eigenvalue weighted by Crippen LogP contribution is 2.18. The van der Waals surface area contributed by atoms with Gasteiger partial charge in [0.15, 0.2) is 0 Å². The summed E-state index contributed by atoms with van der Waals surface area (Å²) in [7, 11) is 1.91. The first kappa shape index (κ1) is 18.8. The summed E-state index contributed by atoms with van der Waals surface area (Å²) >= 11 is 0. The Labute approximate surface area is 148 Å². The van der Waals surface area contributed by atoms with Crippen molar-refractivity contribution in [2.24, 2.45) is 7.05 Å². The minimum Gasteiger partial charge on any atom is -0.492 e. The lowest BCUT2D eigenvalue weighted by Gasteiger charge is -2.19. The molecule has 1 aromatic carbocycles. The first-order valence-corrected chi connectivity index (χ1v) is 8.24. The molecule has 0 aliphatic carbocycles. The van der Waals surface area contributed by atoms with Crippen molar-refractivity contribution in [3.05, 3.63) is 42.2 Å². The average molecular weight is 346 g/mol. The van der Waals surface area contributed by atoms with E-state index in [1.165, 1.54) is 0 Å². The van der Waals surface area contributed by atoms with Gasteiger partial charge in [0.05, 0.1) is 5.69 Å². The van der Waals surface area contributed by atoms with Crippen molar-refractivity contribution >= 4 is 11.8 Å². The van der Waals surface area contributed by atoms with Crippen molar-refractivity contribution in [3.8, 4) is 5.75 Å². The SMILES string of the molecule is Cn1nccc1CNCCOc1cccc(NC(=O)OC(C)(C)C)c1. The van der Waals surface area contributed by atoms with E-state index < -0.39 is 11.7 Å². The van der Waals surface area contributed by atoms with Gasteiger partial charge in [0.1, 0.15) is 18.0 Å². The first-order chi connectivity index (χ1) is 11.8. The summed E-state index contributed by atoms with van der Waals surface area (Å²) in [4.78, 5) is 11.8. The summed E-state index contributed by atoms with van der Waals surface area (Å²) in [6.45, 7) is 7.43. The van der Waals surface area contributed by atoms with Crippen molar-refractivity contribution in [2.45, 2.75) is 32.9 Å². The molecule has 1 heterocycles. The van der Waals surface area contributed by atoms with Crippen LogP contribution in [0.1, 0.15) is 26.5 Å². The zero-order valence-electron chi connectivity index (χ0n) is 15.2. The largest absolute Gasteiger partial charge is 0.492 e. The molecule has 1 aromatic heterocycles. The lowest BCUT2D eigenvalue weighted by Crippen LogP contribution is -2.27. The normalized spacial score (nSPS) is 11.2. The Balaban J connectivity index is 1.73. The third kappa shape index (κ3) is 6.84. The molecule has 2 N–H and O–H groups in total. The van der Waals surface area contributed by atoms with Crippen LogP contribution in [0.5, 0.6) is 5.75 Å². The number of hydrogen-bond acceptors (Lipinski definition) is 5. The van der Waals surface area contributed by atoms with Gasteiger partial charge in [0.2, 0.25) is 0 Å². The van der Waals surface area contributed by atoms with Gasteiger partial charge in [0.25, 0.3) is 0 Å². The molecule has 7 heteroatoms. The number of rotatable bonds is 7. The minimum absolute atomic E-state index is 0.484. The van der Waals surface area contributed by atoms with Crippen LogP contribution in [0.2, 0.25) is 0 Å². The number of aryl methyl sites for hydroxylation is 1. The smallest absolute Gasteiger partial charge is 0.412 e. The quantitative estimate of drug-likeness (QED) is 0.754. The van der Waals surface area contributed by atoms with E-state index in [0.29, 0.717) is 24.6 Å². The molecule has 0 saturated carbocycles. The maximum Gasteiger partial charge on any atom is 0.412 e. The van der Waals surface area contributed by atoms with Gasteiger partial charge in [-0.15, -0.1) is 0 Å². The lowest BCUT2D eigenvalue weighted by molar-refractivity contribution is 0.0636. The molecule has 0 aliphatic heterocycles. The minimum atomic E-state index is -0.530. The number of carbonyl (C=O) groups is 1. The molecule has 2 aromatic rings. The van der Waals surface area contributed by atoms with Gasteiger partial charge >= 0.3 is 6.09 Å². The summed E-state index contributed by atoms with van der Waals surface area (Å²) in [5.74, 6) is 0.691. The van der Waals surface area contributed by atoms with Gasteiger partial charge in [-0.05, 0) is 39.0 Å². The third-order valence-electron chi connectivity index (χ3n) is 3.26. The summed E-state index contributed by atoms with van der Waals surface area (Å²) in [6, 6.07) is 9.20. The monoisotopic (exact) mass is 346 g/mol. The highest BCUT2D eigenvalue weighted by Gasteiger charge is 2.16. The molecule has 0 spiro atoms. The van der Waals surface area contributed by atoms with E-state index in [9.17, 15) is 4.79 Å². The molecule has 2 rings (SSSR count). The van der Waals surface area contributed by atoms with Gasteiger partial charge in [-0.1, -0.05) is 6.07 Å². The molecule has 0 fully saturated rings. The van der Waals surface area contributed by atoms with Gasteiger partial charge in [0, 0.05) is 38.1 Å². The summed E-state index contributed by atoms with van der Waals surface area (Å²) in [6.07, 6.45) is 1.29. The van der Waals surface area contributed by atoms with Crippen LogP contribution in [0, 0.1) is 0 Å². The first-order valence-electron chi connectivity index (χ1n) is 8.24.